The standard InChI is InChI=1S/C4H9NO.C2H7NO2S/c1-3-6-4-2-5-1;1-2-6(3,4)5/h5H,1-4H2;2H2,1H3,(H2,3,4,5). The van der Waals surface area contributed by atoms with Gasteiger partial charge >= 0.3 is 0 Å². The fourth-order valence-electron chi connectivity index (χ4n) is 0.516. The van der Waals surface area contributed by atoms with E-state index in [9.17, 15) is 8.42 Å². The number of hydrogen-bond donors (Lipinski definition) is 2. The van der Waals surface area contributed by atoms with Crippen LogP contribution in [0.1, 0.15) is 6.92 Å². The van der Waals surface area contributed by atoms with Gasteiger partial charge in [0, 0.05) is 13.1 Å². The van der Waals surface area contributed by atoms with E-state index in [1.807, 2.05) is 0 Å². The zero-order valence-electron chi connectivity index (χ0n) is 7.25. The SMILES string of the molecule is C1COCCN1.CCS(N)(=O)=O. The highest BCUT2D eigenvalue weighted by atomic mass is 32.2. The molecule has 0 aromatic heterocycles. The number of morpholine rings is 1. The molecule has 1 rings (SSSR count). The zero-order chi connectivity index (χ0) is 9.45. The van der Waals surface area contributed by atoms with Crippen molar-refractivity contribution in [1.82, 2.24) is 5.32 Å². The minimum atomic E-state index is -3.16. The van der Waals surface area contributed by atoms with Crippen LogP contribution in [-0.2, 0) is 14.8 Å². The van der Waals surface area contributed by atoms with E-state index in [1.165, 1.54) is 6.92 Å². The lowest BCUT2D eigenvalue weighted by Crippen LogP contribution is -2.30. The second-order valence-electron chi connectivity index (χ2n) is 2.31. The van der Waals surface area contributed by atoms with E-state index in [2.05, 4.69) is 10.5 Å². The highest BCUT2D eigenvalue weighted by Crippen LogP contribution is 1.76. The van der Waals surface area contributed by atoms with Gasteiger partial charge in [0.1, 0.15) is 0 Å². The maximum atomic E-state index is 9.78. The topological polar surface area (TPSA) is 81.4 Å². The Balaban J connectivity index is 0.000000202. The van der Waals surface area contributed by atoms with Gasteiger partial charge in [-0.3, -0.25) is 0 Å². The minimum absolute atomic E-state index is 0.0208. The molecule has 74 valence electrons. The summed E-state index contributed by atoms with van der Waals surface area (Å²) in [6.07, 6.45) is 0. The van der Waals surface area contributed by atoms with Gasteiger partial charge in [0.2, 0.25) is 10.0 Å². The maximum Gasteiger partial charge on any atom is 0.208 e. The van der Waals surface area contributed by atoms with Crippen LogP contribution in [0.25, 0.3) is 0 Å². The fraction of sp³-hybridized carbons (Fsp3) is 1.00. The second-order valence-corrected chi connectivity index (χ2v) is 4.22. The third kappa shape index (κ3) is 9.83. The summed E-state index contributed by atoms with van der Waals surface area (Å²) >= 11 is 0. The first-order valence-electron chi connectivity index (χ1n) is 3.85. The van der Waals surface area contributed by atoms with Crippen molar-refractivity contribution < 1.29 is 13.2 Å². The predicted molar refractivity (Wildman–Crippen MR) is 47.3 cm³/mol. The van der Waals surface area contributed by atoms with Crippen molar-refractivity contribution in [2.24, 2.45) is 5.14 Å². The van der Waals surface area contributed by atoms with E-state index in [-0.39, 0.29) is 5.75 Å². The van der Waals surface area contributed by atoms with Crippen molar-refractivity contribution >= 4 is 10.0 Å². The molecule has 0 aromatic carbocycles. The summed E-state index contributed by atoms with van der Waals surface area (Å²) in [7, 11) is -3.16. The summed E-state index contributed by atoms with van der Waals surface area (Å²) in [5.74, 6) is 0.0208. The molecule has 1 aliphatic heterocycles. The molecule has 1 aliphatic rings. The smallest absolute Gasteiger partial charge is 0.208 e. The van der Waals surface area contributed by atoms with E-state index in [0.717, 1.165) is 26.3 Å². The van der Waals surface area contributed by atoms with Gasteiger partial charge in [0.25, 0.3) is 0 Å². The summed E-state index contributed by atoms with van der Waals surface area (Å²) in [5.41, 5.74) is 0. The molecular formula is C6H16N2O3S. The number of sulfonamides is 1. The predicted octanol–water partition coefficient (Wildman–Crippen LogP) is -1.10. The molecule has 0 unspecified atom stereocenters. The highest BCUT2D eigenvalue weighted by molar-refractivity contribution is 7.89. The van der Waals surface area contributed by atoms with Gasteiger partial charge < -0.3 is 10.1 Å². The molecular weight excluding hydrogens is 180 g/mol. The third-order valence-electron chi connectivity index (χ3n) is 1.25. The van der Waals surface area contributed by atoms with Crippen LogP contribution >= 0.6 is 0 Å². The number of nitrogens with one attached hydrogen (secondary N) is 1. The summed E-state index contributed by atoms with van der Waals surface area (Å²) in [5, 5.41) is 7.67. The van der Waals surface area contributed by atoms with Crippen LogP contribution in [0, 0.1) is 0 Å². The monoisotopic (exact) mass is 196 g/mol. The molecule has 0 bridgehead atoms. The Kier molecular flexibility index (Phi) is 6.27. The minimum Gasteiger partial charge on any atom is -0.379 e. The van der Waals surface area contributed by atoms with Gasteiger partial charge in [-0.25, -0.2) is 13.6 Å². The summed E-state index contributed by atoms with van der Waals surface area (Å²) in [6, 6.07) is 0. The molecule has 0 radical (unpaired) electrons. The third-order valence-corrected chi connectivity index (χ3v) is 2.05. The quantitative estimate of drug-likeness (QED) is 0.558. The van der Waals surface area contributed by atoms with E-state index >= 15 is 0 Å². The van der Waals surface area contributed by atoms with E-state index in [0.29, 0.717) is 0 Å². The number of ether oxygens (including phenoxy) is 1. The lowest BCUT2D eigenvalue weighted by Gasteiger charge is -2.10. The number of nitrogens with two attached hydrogens (primary N) is 1. The van der Waals surface area contributed by atoms with Crippen LogP contribution in [0.4, 0.5) is 0 Å². The second kappa shape index (κ2) is 6.36. The average molecular weight is 196 g/mol. The van der Waals surface area contributed by atoms with E-state index in [1.54, 1.807) is 0 Å². The molecule has 0 atom stereocenters. The lowest BCUT2D eigenvalue weighted by atomic mass is 10.5. The maximum absolute atomic E-state index is 9.78. The van der Waals surface area contributed by atoms with Crippen molar-refractivity contribution in [3.63, 3.8) is 0 Å². The molecule has 3 N–H and O–H groups in total. The van der Waals surface area contributed by atoms with Gasteiger partial charge in [-0.2, -0.15) is 0 Å². The Morgan fingerprint density at radius 3 is 1.92 bits per heavy atom. The Labute approximate surface area is 73.3 Å². The zero-order valence-corrected chi connectivity index (χ0v) is 8.06. The largest absolute Gasteiger partial charge is 0.379 e. The molecule has 0 amide bonds. The van der Waals surface area contributed by atoms with Crippen LogP contribution in [-0.4, -0.2) is 40.5 Å². The number of rotatable bonds is 1. The number of hydrogen-bond acceptors (Lipinski definition) is 4. The Bertz CT molecular complexity index is 175. The molecule has 0 aromatic rings. The Hall–Kier alpha value is -0.170. The van der Waals surface area contributed by atoms with Crippen LogP contribution < -0.4 is 10.5 Å². The first kappa shape index (κ1) is 11.8. The Morgan fingerprint density at radius 1 is 1.42 bits per heavy atom. The molecule has 6 heteroatoms. The summed E-state index contributed by atoms with van der Waals surface area (Å²) in [6.45, 7) is 5.33. The van der Waals surface area contributed by atoms with Gasteiger partial charge in [-0.15, -0.1) is 0 Å². The first-order chi connectivity index (χ1) is 5.56. The van der Waals surface area contributed by atoms with E-state index in [4.69, 9.17) is 4.74 Å². The van der Waals surface area contributed by atoms with Gasteiger partial charge in [0.05, 0.1) is 19.0 Å². The normalized spacial score (nSPS) is 17.8. The molecule has 0 aliphatic carbocycles. The number of primary sulfonamides is 1. The van der Waals surface area contributed by atoms with Crippen molar-refractivity contribution in [1.29, 1.82) is 0 Å². The molecule has 0 saturated carbocycles. The summed E-state index contributed by atoms with van der Waals surface area (Å²) < 4.78 is 24.6. The van der Waals surface area contributed by atoms with Gasteiger partial charge in [-0.05, 0) is 6.92 Å². The molecule has 5 nitrogen and oxygen atoms in total. The summed E-state index contributed by atoms with van der Waals surface area (Å²) in [4.78, 5) is 0. The van der Waals surface area contributed by atoms with Crippen molar-refractivity contribution in [3.05, 3.63) is 0 Å². The molecule has 1 heterocycles. The highest BCUT2D eigenvalue weighted by Gasteiger charge is 1.93. The van der Waals surface area contributed by atoms with Gasteiger partial charge in [0.15, 0.2) is 0 Å². The molecule has 0 spiro atoms. The van der Waals surface area contributed by atoms with Crippen LogP contribution in [0.2, 0.25) is 0 Å². The molecule has 1 saturated heterocycles. The van der Waals surface area contributed by atoms with Crippen molar-refractivity contribution in [2.75, 3.05) is 32.1 Å². The van der Waals surface area contributed by atoms with Crippen molar-refractivity contribution in [2.45, 2.75) is 6.92 Å². The van der Waals surface area contributed by atoms with Crippen LogP contribution in [0.3, 0.4) is 0 Å². The van der Waals surface area contributed by atoms with Crippen LogP contribution in [0.5, 0.6) is 0 Å². The van der Waals surface area contributed by atoms with E-state index < -0.39 is 10.0 Å². The fourth-order valence-corrected chi connectivity index (χ4v) is 0.516. The molecule has 1 fully saturated rings. The first-order valence-corrected chi connectivity index (χ1v) is 5.56. The Morgan fingerprint density at radius 2 is 1.83 bits per heavy atom. The van der Waals surface area contributed by atoms with Crippen molar-refractivity contribution in [3.8, 4) is 0 Å². The van der Waals surface area contributed by atoms with Gasteiger partial charge in [-0.1, -0.05) is 0 Å². The van der Waals surface area contributed by atoms with Crippen LogP contribution in [0.15, 0.2) is 0 Å². The molecule has 12 heavy (non-hydrogen) atoms. The average Bonchev–Trinajstić information content (AvgIpc) is 2.07. The lowest BCUT2D eigenvalue weighted by molar-refractivity contribution is 0.109.